The van der Waals surface area contributed by atoms with E-state index in [1.165, 1.54) is 0 Å². The standard InChI is InChI=1S/C9H21NO3S/c1-8(2)5-7-14(12,13)10-6-4-9(3)11/h8-11H,4-7H2,1-3H3. The summed E-state index contributed by atoms with van der Waals surface area (Å²) in [6, 6.07) is 0. The Balaban J connectivity index is 3.73. The van der Waals surface area contributed by atoms with Gasteiger partial charge in [-0.3, -0.25) is 0 Å². The molecule has 0 saturated heterocycles. The summed E-state index contributed by atoms with van der Waals surface area (Å²) in [6.07, 6.45) is 0.674. The fourth-order valence-electron chi connectivity index (χ4n) is 0.886. The van der Waals surface area contributed by atoms with Crippen molar-refractivity contribution in [2.24, 2.45) is 5.92 Å². The number of hydrogen-bond donors (Lipinski definition) is 2. The van der Waals surface area contributed by atoms with Crippen LogP contribution in [0.15, 0.2) is 0 Å². The van der Waals surface area contributed by atoms with Gasteiger partial charge in [0.2, 0.25) is 10.0 Å². The van der Waals surface area contributed by atoms with Crippen molar-refractivity contribution in [2.75, 3.05) is 12.3 Å². The number of sulfonamides is 1. The van der Waals surface area contributed by atoms with Crippen molar-refractivity contribution < 1.29 is 13.5 Å². The number of nitrogens with one attached hydrogen (secondary N) is 1. The zero-order valence-electron chi connectivity index (χ0n) is 9.16. The molecule has 0 aromatic carbocycles. The molecule has 0 heterocycles. The van der Waals surface area contributed by atoms with Gasteiger partial charge in [-0.1, -0.05) is 13.8 Å². The van der Waals surface area contributed by atoms with Crippen molar-refractivity contribution in [1.82, 2.24) is 4.72 Å². The van der Waals surface area contributed by atoms with Crippen LogP contribution in [0.4, 0.5) is 0 Å². The van der Waals surface area contributed by atoms with E-state index < -0.39 is 16.1 Å². The van der Waals surface area contributed by atoms with E-state index in [2.05, 4.69) is 4.72 Å². The summed E-state index contributed by atoms with van der Waals surface area (Å²) >= 11 is 0. The first kappa shape index (κ1) is 13.9. The van der Waals surface area contributed by atoms with Crippen LogP contribution in [0.3, 0.4) is 0 Å². The Bertz CT molecular complexity index is 234. The lowest BCUT2D eigenvalue weighted by Gasteiger charge is -2.08. The van der Waals surface area contributed by atoms with Gasteiger partial charge in [0.05, 0.1) is 11.9 Å². The Morgan fingerprint density at radius 1 is 1.21 bits per heavy atom. The Morgan fingerprint density at radius 3 is 2.21 bits per heavy atom. The molecule has 5 heteroatoms. The number of aliphatic hydroxyl groups is 1. The third-order valence-corrected chi connectivity index (χ3v) is 3.27. The topological polar surface area (TPSA) is 66.4 Å². The number of rotatable bonds is 7. The second-order valence-electron chi connectivity index (χ2n) is 4.03. The Morgan fingerprint density at radius 2 is 1.79 bits per heavy atom. The van der Waals surface area contributed by atoms with Gasteiger partial charge in [-0.15, -0.1) is 0 Å². The lowest BCUT2D eigenvalue weighted by molar-refractivity contribution is 0.186. The van der Waals surface area contributed by atoms with Crippen LogP contribution in [0, 0.1) is 5.92 Å². The molecule has 2 N–H and O–H groups in total. The lowest BCUT2D eigenvalue weighted by atomic mass is 10.2. The third-order valence-electron chi connectivity index (χ3n) is 1.85. The van der Waals surface area contributed by atoms with E-state index >= 15 is 0 Å². The van der Waals surface area contributed by atoms with Gasteiger partial charge in [-0.25, -0.2) is 13.1 Å². The van der Waals surface area contributed by atoms with Crippen LogP contribution in [-0.4, -0.2) is 31.9 Å². The molecule has 0 aliphatic heterocycles. The fourth-order valence-corrected chi connectivity index (χ4v) is 2.24. The van der Waals surface area contributed by atoms with Crippen molar-refractivity contribution in [2.45, 2.75) is 39.7 Å². The minimum atomic E-state index is -3.13. The quantitative estimate of drug-likeness (QED) is 0.668. The third kappa shape index (κ3) is 8.47. The zero-order chi connectivity index (χ0) is 11.2. The average Bonchev–Trinajstić information content (AvgIpc) is 2.00. The highest BCUT2D eigenvalue weighted by Gasteiger charge is 2.10. The SMILES string of the molecule is CC(C)CCS(=O)(=O)NCCC(C)O. The molecule has 0 amide bonds. The second-order valence-corrected chi connectivity index (χ2v) is 5.96. The van der Waals surface area contributed by atoms with Crippen LogP contribution in [0.1, 0.15) is 33.6 Å². The molecule has 0 radical (unpaired) electrons. The highest BCUT2D eigenvalue weighted by Crippen LogP contribution is 2.01. The molecule has 0 saturated carbocycles. The molecular formula is C9H21NO3S. The first-order chi connectivity index (χ1) is 6.33. The summed E-state index contributed by atoms with van der Waals surface area (Å²) in [5.41, 5.74) is 0. The molecule has 0 spiro atoms. The molecule has 0 fully saturated rings. The maximum atomic E-state index is 11.3. The van der Waals surface area contributed by atoms with Crippen molar-refractivity contribution in [3.8, 4) is 0 Å². The Hall–Kier alpha value is -0.130. The highest BCUT2D eigenvalue weighted by atomic mass is 32.2. The Labute approximate surface area is 86.8 Å². The predicted molar refractivity (Wildman–Crippen MR) is 57.5 cm³/mol. The minimum Gasteiger partial charge on any atom is -0.393 e. The summed E-state index contributed by atoms with van der Waals surface area (Å²) < 4.78 is 25.1. The zero-order valence-corrected chi connectivity index (χ0v) is 9.97. The van der Waals surface area contributed by atoms with Gasteiger partial charge in [0, 0.05) is 6.54 Å². The molecule has 4 nitrogen and oxygen atoms in total. The molecule has 0 aliphatic rings. The molecule has 86 valence electrons. The van der Waals surface area contributed by atoms with E-state index in [-0.39, 0.29) is 5.75 Å². The van der Waals surface area contributed by atoms with Gasteiger partial charge in [0.15, 0.2) is 0 Å². The molecule has 1 atom stereocenters. The van der Waals surface area contributed by atoms with Crippen LogP contribution in [0.25, 0.3) is 0 Å². The number of hydrogen-bond acceptors (Lipinski definition) is 3. The summed E-state index contributed by atoms with van der Waals surface area (Å²) in [7, 11) is -3.13. The van der Waals surface area contributed by atoms with Crippen LogP contribution in [0.2, 0.25) is 0 Å². The highest BCUT2D eigenvalue weighted by molar-refractivity contribution is 7.89. The second kappa shape index (κ2) is 6.37. The number of aliphatic hydroxyl groups excluding tert-OH is 1. The largest absolute Gasteiger partial charge is 0.393 e. The molecule has 14 heavy (non-hydrogen) atoms. The first-order valence-electron chi connectivity index (χ1n) is 4.99. The van der Waals surface area contributed by atoms with Gasteiger partial charge in [-0.2, -0.15) is 0 Å². The van der Waals surface area contributed by atoms with Gasteiger partial charge < -0.3 is 5.11 Å². The summed E-state index contributed by atoms with van der Waals surface area (Å²) in [6.45, 7) is 5.94. The van der Waals surface area contributed by atoms with Crippen LogP contribution < -0.4 is 4.72 Å². The van der Waals surface area contributed by atoms with Crippen LogP contribution >= 0.6 is 0 Å². The van der Waals surface area contributed by atoms with Gasteiger partial charge >= 0.3 is 0 Å². The molecule has 0 aromatic rings. The van der Waals surface area contributed by atoms with Crippen molar-refractivity contribution in [1.29, 1.82) is 0 Å². The van der Waals surface area contributed by atoms with E-state index in [0.29, 0.717) is 25.3 Å². The predicted octanol–water partition coefficient (Wildman–Crippen LogP) is 0.723. The van der Waals surface area contributed by atoms with E-state index in [1.807, 2.05) is 13.8 Å². The van der Waals surface area contributed by atoms with Crippen molar-refractivity contribution in [3.63, 3.8) is 0 Å². The molecule has 0 aliphatic carbocycles. The molecule has 0 bridgehead atoms. The van der Waals surface area contributed by atoms with Gasteiger partial charge in [0.1, 0.15) is 0 Å². The minimum absolute atomic E-state index is 0.171. The maximum Gasteiger partial charge on any atom is 0.211 e. The smallest absolute Gasteiger partial charge is 0.211 e. The van der Waals surface area contributed by atoms with E-state index in [9.17, 15) is 8.42 Å². The maximum absolute atomic E-state index is 11.3. The van der Waals surface area contributed by atoms with Crippen molar-refractivity contribution >= 4 is 10.0 Å². The van der Waals surface area contributed by atoms with Crippen LogP contribution in [0.5, 0.6) is 0 Å². The van der Waals surface area contributed by atoms with Gasteiger partial charge in [-0.05, 0) is 25.7 Å². The van der Waals surface area contributed by atoms with Crippen LogP contribution in [-0.2, 0) is 10.0 Å². The van der Waals surface area contributed by atoms with E-state index in [0.717, 1.165) is 0 Å². The molecule has 0 aromatic heterocycles. The molecular weight excluding hydrogens is 202 g/mol. The summed E-state index contributed by atoms with van der Waals surface area (Å²) in [5.74, 6) is 0.563. The molecule has 0 rings (SSSR count). The van der Waals surface area contributed by atoms with E-state index in [4.69, 9.17) is 5.11 Å². The Kier molecular flexibility index (Phi) is 6.31. The summed E-state index contributed by atoms with van der Waals surface area (Å²) in [5, 5.41) is 8.93. The summed E-state index contributed by atoms with van der Waals surface area (Å²) in [4.78, 5) is 0. The normalized spacial score (nSPS) is 14.6. The monoisotopic (exact) mass is 223 g/mol. The average molecular weight is 223 g/mol. The van der Waals surface area contributed by atoms with Crippen molar-refractivity contribution in [3.05, 3.63) is 0 Å². The fraction of sp³-hybridized carbons (Fsp3) is 1.00. The lowest BCUT2D eigenvalue weighted by Crippen LogP contribution is -2.29. The van der Waals surface area contributed by atoms with E-state index in [1.54, 1.807) is 6.92 Å². The molecule has 1 unspecified atom stereocenters. The first-order valence-corrected chi connectivity index (χ1v) is 6.64. The van der Waals surface area contributed by atoms with Gasteiger partial charge in [0.25, 0.3) is 0 Å².